The number of aromatic nitrogens is 6. The molecule has 0 fully saturated rings. The quantitative estimate of drug-likeness (QED) is 0.0782. The Balaban J connectivity index is 0.000000204. The van der Waals surface area contributed by atoms with Crippen LogP contribution in [0.5, 0.6) is 11.5 Å². The van der Waals surface area contributed by atoms with Gasteiger partial charge in [-0.3, -0.25) is 19.1 Å². The fraction of sp³-hybridized carbons (Fsp3) is 0.179. The van der Waals surface area contributed by atoms with Gasteiger partial charge in [-0.15, -0.1) is 53.1 Å². The number of nitrogens with zero attached hydrogens (tertiary/aromatic N) is 6. The van der Waals surface area contributed by atoms with Gasteiger partial charge in [0.15, 0.2) is 0 Å². The first kappa shape index (κ1) is 77.8. The van der Waals surface area contributed by atoms with Crippen molar-refractivity contribution in [1.82, 2.24) is 29.1 Å². The van der Waals surface area contributed by atoms with E-state index in [1.54, 1.807) is 48.5 Å². The number of phenolic OH excluding ortho intramolecular Hbond substituents is 2. The minimum atomic E-state index is -2.54. The molecule has 0 saturated heterocycles. The molecule has 18 aromatic rings. The number of imidazole rings is 2. The van der Waals surface area contributed by atoms with Crippen molar-refractivity contribution in [3.63, 3.8) is 0 Å². The molecule has 4 heterocycles. The molecule has 127 heavy (non-hydrogen) atoms. The number of fused-ring (bicyclic) bond motifs is 2. The summed E-state index contributed by atoms with van der Waals surface area (Å²) in [5.74, 6) is -1.20. The molecule has 18 rings (SSSR count). The Kier molecular flexibility index (Phi) is 23.2. The molecule has 10 heteroatoms. The van der Waals surface area contributed by atoms with E-state index in [0.717, 1.165) is 145 Å². The van der Waals surface area contributed by atoms with Crippen LogP contribution in [0.1, 0.15) is 176 Å². The third-order valence-electron chi connectivity index (χ3n) is 23.7. The Morgan fingerprint density at radius 2 is 0.661 bits per heavy atom. The molecule has 638 valence electrons. The van der Waals surface area contributed by atoms with Crippen molar-refractivity contribution >= 4 is 22.1 Å². The van der Waals surface area contributed by atoms with Gasteiger partial charge in [-0.1, -0.05) is 336 Å². The molecule has 4 aromatic heterocycles. The van der Waals surface area contributed by atoms with Gasteiger partial charge in [0.05, 0.1) is 44.6 Å². The Bertz CT molecular complexity index is 7470. The van der Waals surface area contributed by atoms with Gasteiger partial charge in [-0.2, -0.15) is 0 Å². The van der Waals surface area contributed by atoms with E-state index in [1.807, 2.05) is 209 Å². The SMILES string of the molecule is [2H]C([2H])([2H])c1cc(-c2cc(C(C)C)cc(C([2H])(C)C)c2)ccc1-n1c(-c2ccccc2O)nc2c(-c3[c-]c(-c4cc(-c5ccc(-c6ccccc6)cc5)ccn4)cc(-c4ccccc4)c3)cccc21.[2H]C([2H])([2H])c1cc(-c2cc(C(C)C)cc(C([2H])(C)C)c2)ccc1-n1c(-c2ccccc2O)nc2c(-c3[c-]c(-c4cc(-c5ccc(C([2H])(C)C)cc5)ccn4)cc(C(C)(C)C)c3)cccc21.[Pt].[Pt]. The number of aryl methyl sites for hydroxylation is 2. The number of rotatable bonds is 19. The maximum atomic E-state index is 11.4. The smallest absolute Gasteiger partial charge is 0.148 e. The topological polar surface area (TPSA) is 102 Å². The van der Waals surface area contributed by atoms with Gasteiger partial charge >= 0.3 is 0 Å². The predicted octanol–water partition coefficient (Wildman–Crippen LogP) is 31.4. The first-order chi connectivity index (χ1) is 63.7. The predicted molar refractivity (Wildman–Crippen MR) is 523 cm³/mol. The monoisotopic (exact) mass is 2030 g/mol. The summed E-state index contributed by atoms with van der Waals surface area (Å²) in [6.45, 7) is 21.1. The minimum Gasteiger partial charge on any atom is -0.507 e. The maximum absolute atomic E-state index is 11.4. The second-order valence-corrected chi connectivity index (χ2v) is 34.8. The summed E-state index contributed by atoms with van der Waals surface area (Å²) in [6.07, 6.45) is 3.65. The van der Waals surface area contributed by atoms with Crippen molar-refractivity contribution in [2.45, 2.75) is 139 Å². The molecule has 0 saturated carbocycles. The van der Waals surface area contributed by atoms with Crippen molar-refractivity contribution in [1.29, 1.82) is 0 Å². The fourth-order valence-corrected chi connectivity index (χ4v) is 16.4. The maximum Gasteiger partial charge on any atom is 0.148 e. The second-order valence-electron chi connectivity index (χ2n) is 34.8. The summed E-state index contributed by atoms with van der Waals surface area (Å²) >= 11 is 0. The van der Waals surface area contributed by atoms with Crippen LogP contribution in [-0.2, 0) is 47.5 Å². The van der Waals surface area contributed by atoms with Gasteiger partial charge in [0.25, 0.3) is 0 Å². The molecule has 0 aliphatic rings. The van der Waals surface area contributed by atoms with Gasteiger partial charge in [0.1, 0.15) is 23.1 Å². The molecule has 0 atom stereocenters. The van der Waals surface area contributed by atoms with Gasteiger partial charge < -0.3 is 10.2 Å². The van der Waals surface area contributed by atoms with Crippen molar-refractivity contribution in [3.8, 4) is 157 Å². The van der Waals surface area contributed by atoms with Crippen LogP contribution in [0, 0.1) is 25.8 Å². The molecule has 0 amide bonds. The number of aromatic hydroxyl groups is 2. The van der Waals surface area contributed by atoms with Crippen LogP contribution < -0.4 is 0 Å². The van der Waals surface area contributed by atoms with E-state index in [0.29, 0.717) is 56.2 Å². The number of hydrogen-bond donors (Lipinski definition) is 2. The third kappa shape index (κ3) is 18.8. The van der Waals surface area contributed by atoms with Gasteiger partial charge in [-0.25, -0.2) is 9.97 Å². The van der Waals surface area contributed by atoms with E-state index in [4.69, 9.17) is 32.3 Å². The Morgan fingerprint density at radius 1 is 0.315 bits per heavy atom. The Hall–Kier alpha value is -12.7. The molecule has 8 nitrogen and oxygen atoms in total. The van der Waals surface area contributed by atoms with Crippen LogP contribution in [-0.4, -0.2) is 39.3 Å². The summed E-state index contributed by atoms with van der Waals surface area (Å²) in [6, 6.07) is 111. The van der Waals surface area contributed by atoms with E-state index in [2.05, 4.69) is 182 Å². The number of para-hydroxylation sites is 4. The molecule has 0 spiro atoms. The molecule has 2 N–H and O–H groups in total. The van der Waals surface area contributed by atoms with Crippen LogP contribution in [0.3, 0.4) is 0 Å². The van der Waals surface area contributed by atoms with Crippen LogP contribution in [0.2, 0.25) is 0 Å². The second kappa shape index (κ2) is 37.8. The van der Waals surface area contributed by atoms with Crippen LogP contribution in [0.25, 0.3) is 168 Å². The Morgan fingerprint density at radius 3 is 1.09 bits per heavy atom. The van der Waals surface area contributed by atoms with E-state index in [-0.39, 0.29) is 82.0 Å². The standard InChI is InChI=1S/C61H50N3O.C56H56N3O.2Pt/c1-39(2)48-32-49(40(3)4)34-51(33-48)46-27-28-57(41(5)31-46)64-58-21-14-20-54(60(58)63-61(64)55-19-12-13-22-59(55)65)52-35-50(43-17-10-7-11-18-43)36-53(37-52)56-38-47(29-30-62-56)45-25-23-44(24-26-45)42-15-8-6-9-16-42;1-34(2)38-18-20-39(21-19-38)41-24-25-57-50(33-41)46-30-45(31-47(32-46)56(8,9)10)48-15-13-16-52-54(48)58-55(49-14-11-12-17-53(49)60)59(52)51-23-22-40(26-37(51)7)44-28-42(35(3)4)27-43(29-44)36(5)6;;/h6-36,38-40,65H,1-5H3;11-29,31-36,60H,1-10H3;;/q2*-1;;/i5D3,39D;7D3,34D,35D;;. The van der Waals surface area contributed by atoms with Crippen molar-refractivity contribution in [3.05, 3.63) is 384 Å². The number of benzene rings is 14. The van der Waals surface area contributed by atoms with E-state index in [9.17, 15) is 10.2 Å². The largest absolute Gasteiger partial charge is 0.507 e. The van der Waals surface area contributed by atoms with Gasteiger partial charge in [-0.05, 0) is 222 Å². The number of hydrogen-bond acceptors (Lipinski definition) is 6. The van der Waals surface area contributed by atoms with Crippen LogP contribution in [0.15, 0.2) is 328 Å². The fourth-order valence-electron chi connectivity index (χ4n) is 16.4. The zero-order valence-corrected chi connectivity index (χ0v) is 78.1. The summed E-state index contributed by atoms with van der Waals surface area (Å²) in [5.41, 5.74) is 28.0. The van der Waals surface area contributed by atoms with E-state index >= 15 is 0 Å². The molecular weight excluding hydrogens is 1910 g/mol. The van der Waals surface area contributed by atoms with Crippen LogP contribution in [0.4, 0.5) is 0 Å². The zero-order valence-electron chi connectivity index (χ0n) is 82.5. The molecule has 0 radical (unpaired) electrons. The first-order valence-electron chi connectivity index (χ1n) is 47.3. The summed E-state index contributed by atoms with van der Waals surface area (Å²) in [4.78, 5) is 20.3. The summed E-state index contributed by atoms with van der Waals surface area (Å²) in [5, 5.41) is 22.8. The average molecular weight is 2030 g/mol. The van der Waals surface area contributed by atoms with Crippen molar-refractivity contribution in [2.75, 3.05) is 0 Å². The van der Waals surface area contributed by atoms with Gasteiger partial charge in [0.2, 0.25) is 0 Å². The van der Waals surface area contributed by atoms with Crippen molar-refractivity contribution < 1.29 is 64.7 Å². The van der Waals surface area contributed by atoms with Crippen LogP contribution >= 0.6 is 0 Å². The normalized spacial score (nSPS) is 13.0. The Labute approximate surface area is 790 Å². The molecule has 14 aromatic carbocycles. The molecule has 0 aliphatic heterocycles. The summed E-state index contributed by atoms with van der Waals surface area (Å²) < 4.78 is 83.6. The van der Waals surface area contributed by atoms with Gasteiger partial charge in [0, 0.05) is 78.2 Å². The zero-order chi connectivity index (χ0) is 94.8. The average Bonchev–Trinajstić information content (AvgIpc) is 1.56. The molecule has 0 unspecified atom stereocenters. The van der Waals surface area contributed by atoms with Crippen molar-refractivity contribution in [2.24, 2.45) is 0 Å². The molecule has 0 aliphatic carbocycles. The number of phenols is 2. The first-order valence-corrected chi connectivity index (χ1v) is 42.8. The molecular formula is C117H106N6O2Pt2-2. The summed E-state index contributed by atoms with van der Waals surface area (Å²) in [7, 11) is 0. The van der Waals surface area contributed by atoms with E-state index in [1.165, 1.54) is 0 Å². The van der Waals surface area contributed by atoms with E-state index < -0.39 is 31.4 Å². The number of pyridine rings is 2. The molecule has 0 bridgehead atoms. The third-order valence-corrected chi connectivity index (χ3v) is 23.7. The minimum absolute atomic E-state index is 0.